The fraction of sp³-hybridized carbons (Fsp3) is 0.500. The highest BCUT2D eigenvalue weighted by Gasteiger charge is 2.32. The molecule has 1 aliphatic rings. The highest BCUT2D eigenvalue weighted by Crippen LogP contribution is 2.24. The lowest BCUT2D eigenvalue weighted by Crippen LogP contribution is -2.57. The molecule has 1 saturated heterocycles. The molecule has 0 radical (unpaired) electrons. The third-order valence-corrected chi connectivity index (χ3v) is 3.06. The summed E-state index contributed by atoms with van der Waals surface area (Å²) in [5.74, 6) is 0.613. The van der Waals surface area contributed by atoms with Crippen LogP contribution in [0.4, 0.5) is 23.2 Å². The van der Waals surface area contributed by atoms with E-state index in [1.165, 1.54) is 12.0 Å². The van der Waals surface area contributed by atoms with Gasteiger partial charge in [-0.2, -0.15) is 17.6 Å². The zero-order valence-electron chi connectivity index (χ0n) is 10.8. The van der Waals surface area contributed by atoms with Crippen molar-refractivity contribution in [3.63, 3.8) is 0 Å². The normalized spacial score (nSPS) is 18.1. The Morgan fingerprint density at radius 2 is 1.40 bits per heavy atom. The van der Waals surface area contributed by atoms with E-state index >= 15 is 0 Å². The van der Waals surface area contributed by atoms with Gasteiger partial charge in [-0.3, -0.25) is 0 Å². The van der Waals surface area contributed by atoms with Crippen molar-refractivity contribution in [2.45, 2.75) is 13.1 Å². The number of benzene rings is 1. The second-order valence-corrected chi connectivity index (χ2v) is 4.39. The van der Waals surface area contributed by atoms with Gasteiger partial charge in [0.15, 0.2) is 0 Å². The van der Waals surface area contributed by atoms with Crippen LogP contribution in [0.3, 0.4) is 0 Å². The largest absolute Gasteiger partial charge is 0.497 e. The van der Waals surface area contributed by atoms with Crippen molar-refractivity contribution >= 4 is 5.69 Å². The van der Waals surface area contributed by atoms with Crippen LogP contribution in [0.15, 0.2) is 24.3 Å². The van der Waals surface area contributed by atoms with Gasteiger partial charge in [-0.05, 0) is 24.3 Å². The van der Waals surface area contributed by atoms with Crippen molar-refractivity contribution in [3.8, 4) is 5.75 Å². The Morgan fingerprint density at radius 1 is 0.900 bits per heavy atom. The van der Waals surface area contributed by atoms with Crippen LogP contribution < -0.4 is 9.64 Å². The van der Waals surface area contributed by atoms with Crippen LogP contribution in [0.25, 0.3) is 0 Å². The molecule has 0 saturated carbocycles. The number of nitrogens with zero attached hydrogens (tertiary/aromatic N) is 3. The smallest absolute Gasteiger partial charge is 0.297 e. The fourth-order valence-corrected chi connectivity index (χ4v) is 2.01. The van der Waals surface area contributed by atoms with Crippen LogP contribution in [0.5, 0.6) is 5.75 Å². The number of alkyl halides is 4. The standard InChI is InChI=1S/C12H15F4N3O/c1-20-10-4-2-9(3-5-10)17-6-18(11(13)14)8-19(7-17)12(15)16/h2-5,11-12H,6-8H2,1H3. The van der Waals surface area contributed by atoms with E-state index in [1.54, 1.807) is 24.3 Å². The van der Waals surface area contributed by atoms with Gasteiger partial charge in [-0.1, -0.05) is 0 Å². The summed E-state index contributed by atoms with van der Waals surface area (Å²) >= 11 is 0. The van der Waals surface area contributed by atoms with Crippen LogP contribution in [-0.4, -0.2) is 50.0 Å². The Kier molecular flexibility index (Phi) is 4.66. The molecule has 0 aliphatic carbocycles. The van der Waals surface area contributed by atoms with Gasteiger partial charge in [0.05, 0.1) is 27.1 Å². The van der Waals surface area contributed by atoms with Crippen LogP contribution in [0, 0.1) is 0 Å². The molecular weight excluding hydrogens is 278 g/mol. The monoisotopic (exact) mass is 293 g/mol. The second kappa shape index (κ2) is 6.27. The fourth-order valence-electron chi connectivity index (χ4n) is 2.01. The van der Waals surface area contributed by atoms with Crippen LogP contribution in [0.1, 0.15) is 0 Å². The maximum atomic E-state index is 12.8. The molecule has 4 nitrogen and oxygen atoms in total. The molecule has 1 aromatic rings. The van der Waals surface area contributed by atoms with Gasteiger partial charge in [0, 0.05) is 5.69 Å². The number of halogens is 4. The summed E-state index contributed by atoms with van der Waals surface area (Å²) < 4.78 is 56.1. The van der Waals surface area contributed by atoms with Gasteiger partial charge in [0.25, 0.3) is 13.1 Å². The lowest BCUT2D eigenvalue weighted by molar-refractivity contribution is -0.127. The number of anilines is 1. The SMILES string of the molecule is COc1ccc(N2CN(C(F)F)CN(C(F)F)C2)cc1. The van der Waals surface area contributed by atoms with E-state index in [4.69, 9.17) is 4.74 Å². The Hall–Kier alpha value is -1.54. The zero-order chi connectivity index (χ0) is 14.7. The average Bonchev–Trinajstić information content (AvgIpc) is 2.46. The lowest BCUT2D eigenvalue weighted by Gasteiger charge is -2.42. The Balaban J connectivity index is 2.15. The quantitative estimate of drug-likeness (QED) is 0.627. The van der Waals surface area contributed by atoms with Gasteiger partial charge in [0.1, 0.15) is 5.75 Å². The first-order valence-corrected chi connectivity index (χ1v) is 5.94. The topological polar surface area (TPSA) is 19.0 Å². The van der Waals surface area contributed by atoms with E-state index in [0.717, 1.165) is 0 Å². The van der Waals surface area contributed by atoms with Crippen molar-refractivity contribution < 1.29 is 22.3 Å². The summed E-state index contributed by atoms with van der Waals surface area (Å²) in [6.07, 6.45) is 0. The van der Waals surface area contributed by atoms with Crippen molar-refractivity contribution in [2.24, 2.45) is 0 Å². The number of ether oxygens (including phenoxy) is 1. The van der Waals surface area contributed by atoms with Crippen LogP contribution in [0.2, 0.25) is 0 Å². The predicted octanol–water partition coefficient (Wildman–Crippen LogP) is 2.44. The van der Waals surface area contributed by atoms with E-state index in [0.29, 0.717) is 21.2 Å². The minimum Gasteiger partial charge on any atom is -0.497 e. The van der Waals surface area contributed by atoms with Gasteiger partial charge in [-0.15, -0.1) is 0 Å². The van der Waals surface area contributed by atoms with Crippen molar-refractivity contribution in [1.82, 2.24) is 9.80 Å². The lowest BCUT2D eigenvalue weighted by atomic mass is 10.3. The molecule has 0 amide bonds. The second-order valence-electron chi connectivity index (χ2n) is 4.39. The van der Waals surface area contributed by atoms with E-state index in [1.807, 2.05) is 0 Å². The first kappa shape index (κ1) is 14.9. The van der Waals surface area contributed by atoms with Crippen LogP contribution in [-0.2, 0) is 0 Å². The summed E-state index contributed by atoms with van der Waals surface area (Å²) in [5.41, 5.74) is 0.585. The summed E-state index contributed by atoms with van der Waals surface area (Å²) in [5, 5.41) is 0. The highest BCUT2D eigenvalue weighted by atomic mass is 19.3. The zero-order valence-corrected chi connectivity index (χ0v) is 10.8. The van der Waals surface area contributed by atoms with E-state index in [9.17, 15) is 17.6 Å². The van der Waals surface area contributed by atoms with Gasteiger partial charge >= 0.3 is 0 Å². The Labute approximate surface area is 114 Å². The minimum atomic E-state index is -2.78. The average molecular weight is 293 g/mol. The minimum absolute atomic E-state index is 0.104. The maximum Gasteiger partial charge on any atom is 0.297 e. The first-order chi connectivity index (χ1) is 9.51. The number of hydrogen-bond donors (Lipinski definition) is 0. The van der Waals surface area contributed by atoms with Gasteiger partial charge < -0.3 is 9.64 Å². The molecule has 8 heteroatoms. The van der Waals surface area contributed by atoms with Crippen LogP contribution >= 0.6 is 0 Å². The molecule has 20 heavy (non-hydrogen) atoms. The number of methoxy groups -OCH3 is 1. The molecule has 0 N–H and O–H groups in total. The van der Waals surface area contributed by atoms with Crippen molar-refractivity contribution in [2.75, 3.05) is 32.0 Å². The van der Waals surface area contributed by atoms with Crippen molar-refractivity contribution in [1.29, 1.82) is 0 Å². The summed E-state index contributed by atoms with van der Waals surface area (Å²) in [6.45, 7) is -6.22. The van der Waals surface area contributed by atoms with E-state index in [-0.39, 0.29) is 13.3 Å². The first-order valence-electron chi connectivity index (χ1n) is 5.94. The van der Waals surface area contributed by atoms with E-state index < -0.39 is 19.8 Å². The third-order valence-electron chi connectivity index (χ3n) is 3.06. The molecule has 1 fully saturated rings. The summed E-state index contributed by atoms with van der Waals surface area (Å²) in [7, 11) is 1.51. The maximum absolute atomic E-state index is 12.8. The third kappa shape index (κ3) is 3.31. The molecule has 0 bridgehead atoms. The van der Waals surface area contributed by atoms with Gasteiger partial charge in [0.2, 0.25) is 0 Å². The molecule has 1 aromatic carbocycles. The van der Waals surface area contributed by atoms with Gasteiger partial charge in [-0.25, -0.2) is 9.80 Å². The summed E-state index contributed by atoms with van der Waals surface area (Å²) in [6, 6.07) is 6.61. The molecule has 0 spiro atoms. The molecule has 2 rings (SSSR count). The molecule has 1 heterocycles. The molecular formula is C12H15F4N3O. The molecule has 0 unspecified atom stereocenters. The van der Waals surface area contributed by atoms with E-state index in [2.05, 4.69) is 0 Å². The Bertz CT molecular complexity index is 413. The number of rotatable bonds is 4. The predicted molar refractivity (Wildman–Crippen MR) is 65.8 cm³/mol. The summed E-state index contributed by atoms with van der Waals surface area (Å²) in [4.78, 5) is 2.82. The number of hydrogen-bond acceptors (Lipinski definition) is 4. The Morgan fingerprint density at radius 3 is 1.80 bits per heavy atom. The molecule has 112 valence electrons. The molecule has 0 atom stereocenters. The molecule has 1 aliphatic heterocycles. The molecule has 0 aromatic heterocycles. The highest BCUT2D eigenvalue weighted by molar-refractivity contribution is 5.49. The van der Waals surface area contributed by atoms with Crippen molar-refractivity contribution in [3.05, 3.63) is 24.3 Å².